The summed E-state index contributed by atoms with van der Waals surface area (Å²) in [6.07, 6.45) is 2.79. The molecular formula is C21H26N2O4S. The van der Waals surface area contributed by atoms with Crippen molar-refractivity contribution in [1.82, 2.24) is 4.90 Å². The van der Waals surface area contributed by atoms with Crippen LogP contribution in [0.4, 0.5) is 10.5 Å². The quantitative estimate of drug-likeness (QED) is 0.564. The van der Waals surface area contributed by atoms with Gasteiger partial charge in [-0.25, -0.2) is 0 Å². The van der Waals surface area contributed by atoms with Crippen LogP contribution in [0.15, 0.2) is 17.0 Å². The van der Waals surface area contributed by atoms with Crippen LogP contribution in [0.25, 0.3) is 6.08 Å². The molecule has 1 fully saturated rings. The summed E-state index contributed by atoms with van der Waals surface area (Å²) in [6.45, 7) is 8.35. The van der Waals surface area contributed by atoms with Gasteiger partial charge in [-0.05, 0) is 79.8 Å². The molecule has 1 atom stereocenters. The molecule has 0 aromatic heterocycles. The second-order valence-electron chi connectivity index (χ2n) is 8.09. The molecule has 1 aromatic rings. The summed E-state index contributed by atoms with van der Waals surface area (Å²) in [6, 6.07) is 4.27. The largest absolute Gasteiger partial charge is 0.468 e. The Morgan fingerprint density at radius 3 is 2.68 bits per heavy atom. The first kappa shape index (κ1) is 20.5. The maximum atomic E-state index is 12.6. The van der Waals surface area contributed by atoms with E-state index >= 15 is 0 Å². The SMILES string of the molecule is COC(=O)CN1C(=O)S/C(=C/c2cc3c(cc2C)N(C)C(C)(C)C[C@@H]3C)C1=O. The Morgan fingerprint density at radius 2 is 2.04 bits per heavy atom. The number of methoxy groups -OCH3 is 1. The van der Waals surface area contributed by atoms with E-state index in [9.17, 15) is 14.4 Å². The molecular weight excluding hydrogens is 376 g/mol. The van der Waals surface area contributed by atoms with Crippen LogP contribution in [0, 0.1) is 6.92 Å². The first-order valence-electron chi connectivity index (χ1n) is 9.25. The molecule has 6 nitrogen and oxygen atoms in total. The van der Waals surface area contributed by atoms with Crippen LogP contribution in [0.1, 0.15) is 49.8 Å². The number of hydrogen-bond donors (Lipinski definition) is 0. The van der Waals surface area contributed by atoms with Gasteiger partial charge in [-0.3, -0.25) is 19.3 Å². The fourth-order valence-electron chi connectivity index (χ4n) is 3.86. The van der Waals surface area contributed by atoms with Crippen molar-refractivity contribution in [1.29, 1.82) is 0 Å². The van der Waals surface area contributed by atoms with Gasteiger partial charge in [0.05, 0.1) is 12.0 Å². The van der Waals surface area contributed by atoms with Gasteiger partial charge in [0, 0.05) is 18.3 Å². The Bertz CT molecular complexity index is 891. The number of aryl methyl sites for hydroxylation is 1. The number of amides is 2. The van der Waals surface area contributed by atoms with Crippen molar-refractivity contribution in [3.63, 3.8) is 0 Å². The number of hydrogen-bond acceptors (Lipinski definition) is 6. The molecule has 2 aliphatic heterocycles. The minimum atomic E-state index is -0.618. The normalized spacial score (nSPS) is 22.6. The number of anilines is 1. The molecule has 0 unspecified atom stereocenters. The summed E-state index contributed by atoms with van der Waals surface area (Å²) in [4.78, 5) is 39.7. The van der Waals surface area contributed by atoms with Crippen LogP contribution in [-0.4, -0.2) is 48.3 Å². The highest BCUT2D eigenvalue weighted by atomic mass is 32.2. The lowest BCUT2D eigenvalue weighted by atomic mass is 9.79. The van der Waals surface area contributed by atoms with Crippen LogP contribution in [-0.2, 0) is 14.3 Å². The fraction of sp³-hybridized carbons (Fsp3) is 0.476. The monoisotopic (exact) mass is 402 g/mol. The van der Waals surface area contributed by atoms with Crippen molar-refractivity contribution >= 4 is 40.6 Å². The zero-order valence-electron chi connectivity index (χ0n) is 17.2. The molecule has 0 saturated carbocycles. The van der Waals surface area contributed by atoms with E-state index in [0.29, 0.717) is 10.8 Å². The number of carbonyl (C=O) groups is 3. The maximum Gasteiger partial charge on any atom is 0.325 e. The van der Waals surface area contributed by atoms with Crippen LogP contribution in [0.2, 0.25) is 0 Å². The Labute approximate surface area is 169 Å². The number of imide groups is 1. The smallest absolute Gasteiger partial charge is 0.325 e. The number of rotatable bonds is 3. The van der Waals surface area contributed by atoms with Crippen molar-refractivity contribution in [2.75, 3.05) is 25.6 Å². The van der Waals surface area contributed by atoms with Gasteiger partial charge in [-0.15, -0.1) is 0 Å². The van der Waals surface area contributed by atoms with Crippen LogP contribution in [0.3, 0.4) is 0 Å². The molecule has 1 aromatic carbocycles. The van der Waals surface area contributed by atoms with Gasteiger partial charge < -0.3 is 9.64 Å². The van der Waals surface area contributed by atoms with E-state index in [-0.39, 0.29) is 12.1 Å². The maximum absolute atomic E-state index is 12.6. The summed E-state index contributed by atoms with van der Waals surface area (Å²) in [5, 5.41) is -0.452. The van der Waals surface area contributed by atoms with E-state index in [2.05, 4.69) is 49.6 Å². The average molecular weight is 403 g/mol. The second kappa shape index (κ2) is 7.28. The van der Waals surface area contributed by atoms with Crippen molar-refractivity contribution in [2.24, 2.45) is 0 Å². The molecule has 0 aliphatic carbocycles. The molecule has 0 N–H and O–H groups in total. The molecule has 3 rings (SSSR count). The fourth-order valence-corrected chi connectivity index (χ4v) is 4.69. The van der Waals surface area contributed by atoms with Gasteiger partial charge in [0.15, 0.2) is 0 Å². The molecule has 0 bridgehead atoms. The predicted molar refractivity (Wildman–Crippen MR) is 111 cm³/mol. The average Bonchev–Trinajstić information content (AvgIpc) is 2.88. The van der Waals surface area contributed by atoms with E-state index in [1.807, 2.05) is 6.92 Å². The van der Waals surface area contributed by atoms with E-state index in [1.54, 1.807) is 6.08 Å². The number of esters is 1. The predicted octanol–water partition coefficient (Wildman–Crippen LogP) is 3.93. The number of nitrogens with zero attached hydrogens (tertiary/aromatic N) is 2. The van der Waals surface area contributed by atoms with Gasteiger partial charge >= 0.3 is 5.97 Å². The summed E-state index contributed by atoms with van der Waals surface area (Å²) in [5.41, 5.74) is 4.49. The standard InChI is InChI=1S/C21H26N2O4S/c1-12-7-16-15(13(2)10-21(3,4)22(16)5)8-14(12)9-17-19(25)23(20(26)28-17)11-18(24)27-6/h7-9,13H,10-11H2,1-6H3/b17-9+/t13-/m0/s1. The minimum Gasteiger partial charge on any atom is -0.468 e. The number of benzene rings is 1. The molecule has 1 saturated heterocycles. The third kappa shape index (κ3) is 3.55. The van der Waals surface area contributed by atoms with E-state index in [1.165, 1.54) is 18.4 Å². The Balaban J connectivity index is 1.96. The number of carbonyl (C=O) groups excluding carboxylic acids is 3. The zero-order chi connectivity index (χ0) is 20.8. The lowest BCUT2D eigenvalue weighted by molar-refractivity contribution is -0.143. The Hall–Kier alpha value is -2.28. The second-order valence-corrected chi connectivity index (χ2v) is 9.08. The minimum absolute atomic E-state index is 0.0803. The molecule has 0 radical (unpaired) electrons. The molecule has 2 aliphatic rings. The van der Waals surface area contributed by atoms with Crippen LogP contribution in [0.5, 0.6) is 0 Å². The summed E-state index contributed by atoms with van der Waals surface area (Å²) in [5.74, 6) is -0.680. The number of fused-ring (bicyclic) bond motifs is 1. The highest BCUT2D eigenvalue weighted by Crippen LogP contribution is 2.44. The van der Waals surface area contributed by atoms with E-state index in [4.69, 9.17) is 0 Å². The number of thioether (sulfide) groups is 1. The van der Waals surface area contributed by atoms with Gasteiger partial charge in [-0.1, -0.05) is 6.92 Å². The van der Waals surface area contributed by atoms with Gasteiger partial charge in [-0.2, -0.15) is 0 Å². The van der Waals surface area contributed by atoms with Gasteiger partial charge in [0.2, 0.25) is 0 Å². The van der Waals surface area contributed by atoms with Gasteiger partial charge in [0.1, 0.15) is 6.54 Å². The molecule has 0 spiro atoms. The van der Waals surface area contributed by atoms with Crippen LogP contribution < -0.4 is 4.90 Å². The molecule has 2 heterocycles. The van der Waals surface area contributed by atoms with E-state index in [0.717, 1.165) is 34.2 Å². The highest BCUT2D eigenvalue weighted by molar-refractivity contribution is 8.18. The lowest BCUT2D eigenvalue weighted by Crippen LogP contribution is -2.45. The van der Waals surface area contributed by atoms with Gasteiger partial charge in [0.25, 0.3) is 11.1 Å². The van der Waals surface area contributed by atoms with Crippen molar-refractivity contribution < 1.29 is 19.1 Å². The van der Waals surface area contributed by atoms with Crippen LogP contribution >= 0.6 is 11.8 Å². The lowest BCUT2D eigenvalue weighted by Gasteiger charge is -2.45. The first-order chi connectivity index (χ1) is 13.0. The molecule has 7 heteroatoms. The molecule has 150 valence electrons. The molecule has 28 heavy (non-hydrogen) atoms. The van der Waals surface area contributed by atoms with Crippen molar-refractivity contribution in [2.45, 2.75) is 45.6 Å². The first-order valence-corrected chi connectivity index (χ1v) is 10.1. The third-order valence-electron chi connectivity index (χ3n) is 5.70. The summed E-state index contributed by atoms with van der Waals surface area (Å²) in [7, 11) is 3.34. The van der Waals surface area contributed by atoms with Crippen molar-refractivity contribution in [3.8, 4) is 0 Å². The topological polar surface area (TPSA) is 66.9 Å². The highest BCUT2D eigenvalue weighted by Gasteiger charge is 2.37. The summed E-state index contributed by atoms with van der Waals surface area (Å²) >= 11 is 0.857. The summed E-state index contributed by atoms with van der Waals surface area (Å²) < 4.78 is 4.56. The van der Waals surface area contributed by atoms with Crippen molar-refractivity contribution in [3.05, 3.63) is 33.7 Å². The molecule has 2 amide bonds. The van der Waals surface area contributed by atoms with E-state index < -0.39 is 17.1 Å². The third-order valence-corrected chi connectivity index (χ3v) is 6.60. The zero-order valence-corrected chi connectivity index (χ0v) is 18.0. The number of ether oxygens (including phenoxy) is 1. The Kier molecular flexibility index (Phi) is 5.32. The Morgan fingerprint density at radius 1 is 1.36 bits per heavy atom.